The molecule has 2 aromatic rings. The molecule has 0 bridgehead atoms. The Balaban J connectivity index is 1.26. The number of amides is 2. The Bertz CT molecular complexity index is 1040. The maximum absolute atomic E-state index is 13.5. The molecule has 8 heteroatoms. The van der Waals surface area contributed by atoms with Crippen molar-refractivity contribution in [2.24, 2.45) is 5.92 Å². The molecule has 180 valence electrons. The van der Waals surface area contributed by atoms with Gasteiger partial charge in [0.1, 0.15) is 5.75 Å². The van der Waals surface area contributed by atoms with Gasteiger partial charge < -0.3 is 24.4 Å². The van der Waals surface area contributed by atoms with Crippen LogP contribution in [0, 0.1) is 5.92 Å². The Kier molecular flexibility index (Phi) is 6.58. The summed E-state index contributed by atoms with van der Waals surface area (Å²) in [5.41, 5.74) is 1.34. The van der Waals surface area contributed by atoms with Crippen molar-refractivity contribution in [2.75, 3.05) is 45.4 Å². The second-order valence-corrected chi connectivity index (χ2v) is 9.11. The molecule has 1 unspecified atom stereocenters. The standard InChI is InChI=1S/C26H31N3O5/c1-32-21-8-4-7-19(15-21)26(31)29-13-11-28(12-14-29)24(18-5-2-3-6-18)25(30)27-20-9-10-22-23(16-20)34-17-33-22/h4,7-10,15-16,18,24H,2-3,5-6,11-14,17H2,1H3,(H,27,30). The number of carbonyl (C=O) groups excluding carboxylic acids is 2. The van der Waals surface area contributed by atoms with Crippen molar-refractivity contribution in [3.63, 3.8) is 0 Å². The highest BCUT2D eigenvalue weighted by atomic mass is 16.7. The van der Waals surface area contributed by atoms with Gasteiger partial charge in [-0.25, -0.2) is 0 Å². The number of ether oxygens (including phenoxy) is 3. The summed E-state index contributed by atoms with van der Waals surface area (Å²) >= 11 is 0. The Morgan fingerprint density at radius 1 is 1.00 bits per heavy atom. The van der Waals surface area contributed by atoms with Crippen LogP contribution in [0.5, 0.6) is 17.2 Å². The molecular weight excluding hydrogens is 434 g/mol. The van der Waals surface area contributed by atoms with E-state index in [1.807, 2.05) is 41.3 Å². The first-order valence-corrected chi connectivity index (χ1v) is 12.0. The quantitative estimate of drug-likeness (QED) is 0.705. The van der Waals surface area contributed by atoms with Crippen LogP contribution in [0.1, 0.15) is 36.0 Å². The minimum Gasteiger partial charge on any atom is -0.497 e. The van der Waals surface area contributed by atoms with Crippen molar-refractivity contribution >= 4 is 17.5 Å². The molecule has 3 aliphatic rings. The number of fused-ring (bicyclic) bond motifs is 1. The highest BCUT2D eigenvalue weighted by Gasteiger charge is 2.37. The van der Waals surface area contributed by atoms with E-state index in [2.05, 4.69) is 10.2 Å². The highest BCUT2D eigenvalue weighted by Crippen LogP contribution is 2.35. The number of nitrogens with one attached hydrogen (secondary N) is 1. The normalized spacial score (nSPS) is 19.1. The number of anilines is 1. The average molecular weight is 466 g/mol. The molecule has 8 nitrogen and oxygen atoms in total. The summed E-state index contributed by atoms with van der Waals surface area (Å²) in [7, 11) is 1.60. The summed E-state index contributed by atoms with van der Waals surface area (Å²) in [6.45, 7) is 2.74. The molecule has 2 aliphatic heterocycles. The maximum atomic E-state index is 13.5. The van der Waals surface area contributed by atoms with Crippen LogP contribution in [0.3, 0.4) is 0 Å². The van der Waals surface area contributed by atoms with Crippen LogP contribution in [0.2, 0.25) is 0 Å². The van der Waals surface area contributed by atoms with Crippen LogP contribution in [-0.4, -0.2) is 67.7 Å². The van der Waals surface area contributed by atoms with Gasteiger partial charge in [-0.05, 0) is 49.1 Å². The summed E-state index contributed by atoms with van der Waals surface area (Å²) in [4.78, 5) is 30.6. The minimum atomic E-state index is -0.206. The Morgan fingerprint density at radius 2 is 1.76 bits per heavy atom. The van der Waals surface area contributed by atoms with Crippen LogP contribution in [0.15, 0.2) is 42.5 Å². The van der Waals surface area contributed by atoms with E-state index in [1.54, 1.807) is 13.2 Å². The summed E-state index contributed by atoms with van der Waals surface area (Å²) in [6, 6.07) is 12.5. The van der Waals surface area contributed by atoms with Gasteiger partial charge in [0.2, 0.25) is 12.7 Å². The fourth-order valence-electron chi connectivity index (χ4n) is 5.28. The van der Waals surface area contributed by atoms with Crippen LogP contribution < -0.4 is 19.5 Å². The largest absolute Gasteiger partial charge is 0.497 e. The first-order chi connectivity index (χ1) is 16.6. The molecule has 2 fully saturated rings. The van der Waals surface area contributed by atoms with Gasteiger partial charge >= 0.3 is 0 Å². The van der Waals surface area contributed by atoms with E-state index in [0.717, 1.165) is 25.7 Å². The zero-order valence-corrected chi connectivity index (χ0v) is 19.5. The number of benzene rings is 2. The van der Waals surface area contributed by atoms with Gasteiger partial charge in [0.15, 0.2) is 11.5 Å². The van der Waals surface area contributed by atoms with Gasteiger partial charge in [-0.15, -0.1) is 0 Å². The molecule has 1 aliphatic carbocycles. The SMILES string of the molecule is COc1cccc(C(=O)N2CCN(C(C(=O)Nc3ccc4c(c3)OCO4)C3CCCC3)CC2)c1. The zero-order chi connectivity index (χ0) is 23.5. The first-order valence-electron chi connectivity index (χ1n) is 12.0. The molecule has 2 aromatic carbocycles. The lowest BCUT2D eigenvalue weighted by atomic mass is 9.94. The molecule has 1 N–H and O–H groups in total. The Hall–Kier alpha value is -3.26. The fraction of sp³-hybridized carbons (Fsp3) is 0.462. The molecule has 1 atom stereocenters. The number of rotatable bonds is 6. The van der Waals surface area contributed by atoms with E-state index in [9.17, 15) is 9.59 Å². The van der Waals surface area contributed by atoms with E-state index in [-0.39, 0.29) is 24.6 Å². The van der Waals surface area contributed by atoms with E-state index in [0.29, 0.717) is 60.6 Å². The van der Waals surface area contributed by atoms with Gasteiger partial charge in [-0.2, -0.15) is 0 Å². The Morgan fingerprint density at radius 3 is 2.53 bits per heavy atom. The predicted octanol–water partition coefficient (Wildman–Crippen LogP) is 3.38. The van der Waals surface area contributed by atoms with Gasteiger partial charge in [-0.1, -0.05) is 18.9 Å². The number of hydrogen-bond donors (Lipinski definition) is 1. The molecule has 5 rings (SSSR count). The topological polar surface area (TPSA) is 80.3 Å². The summed E-state index contributed by atoms with van der Waals surface area (Å²) in [5, 5.41) is 3.11. The molecule has 34 heavy (non-hydrogen) atoms. The molecule has 2 heterocycles. The number of piperazine rings is 1. The van der Waals surface area contributed by atoms with Crippen molar-refractivity contribution < 1.29 is 23.8 Å². The summed E-state index contributed by atoms with van der Waals surface area (Å²) < 4.78 is 16.1. The van der Waals surface area contributed by atoms with Crippen LogP contribution in [0.25, 0.3) is 0 Å². The fourth-order valence-corrected chi connectivity index (χ4v) is 5.28. The number of nitrogens with zero attached hydrogens (tertiary/aromatic N) is 2. The predicted molar refractivity (Wildman–Crippen MR) is 127 cm³/mol. The van der Waals surface area contributed by atoms with E-state index in [1.165, 1.54) is 0 Å². The molecular formula is C26H31N3O5. The monoisotopic (exact) mass is 465 g/mol. The van der Waals surface area contributed by atoms with E-state index >= 15 is 0 Å². The maximum Gasteiger partial charge on any atom is 0.254 e. The molecule has 1 saturated heterocycles. The molecule has 1 saturated carbocycles. The third kappa shape index (κ3) is 4.68. The zero-order valence-electron chi connectivity index (χ0n) is 19.5. The molecule has 2 amide bonds. The average Bonchev–Trinajstić information content (AvgIpc) is 3.56. The first kappa shape index (κ1) is 22.5. The smallest absolute Gasteiger partial charge is 0.254 e. The third-order valence-electron chi connectivity index (χ3n) is 7.07. The van der Waals surface area contributed by atoms with Gasteiger partial charge in [0, 0.05) is 43.5 Å². The van der Waals surface area contributed by atoms with Crippen LogP contribution in [0.4, 0.5) is 5.69 Å². The van der Waals surface area contributed by atoms with E-state index in [4.69, 9.17) is 14.2 Å². The van der Waals surface area contributed by atoms with Crippen molar-refractivity contribution in [1.82, 2.24) is 9.80 Å². The molecule has 0 spiro atoms. The second kappa shape index (κ2) is 9.93. The lowest BCUT2D eigenvalue weighted by Gasteiger charge is -2.40. The lowest BCUT2D eigenvalue weighted by Crippen LogP contribution is -2.56. The van der Waals surface area contributed by atoms with Crippen LogP contribution >= 0.6 is 0 Å². The van der Waals surface area contributed by atoms with E-state index < -0.39 is 0 Å². The molecule has 0 radical (unpaired) electrons. The van der Waals surface area contributed by atoms with Crippen molar-refractivity contribution in [3.8, 4) is 17.2 Å². The number of hydrogen-bond acceptors (Lipinski definition) is 6. The number of methoxy groups -OCH3 is 1. The molecule has 0 aromatic heterocycles. The lowest BCUT2D eigenvalue weighted by molar-refractivity contribution is -0.123. The van der Waals surface area contributed by atoms with Crippen molar-refractivity contribution in [2.45, 2.75) is 31.7 Å². The van der Waals surface area contributed by atoms with Gasteiger partial charge in [0.25, 0.3) is 5.91 Å². The van der Waals surface area contributed by atoms with Gasteiger partial charge in [0.05, 0.1) is 13.2 Å². The second-order valence-electron chi connectivity index (χ2n) is 9.11. The number of carbonyl (C=O) groups is 2. The minimum absolute atomic E-state index is 0.000720. The van der Waals surface area contributed by atoms with Gasteiger partial charge in [-0.3, -0.25) is 14.5 Å². The highest BCUT2D eigenvalue weighted by molar-refractivity contribution is 5.96. The Labute approximate surface area is 199 Å². The summed E-state index contributed by atoms with van der Waals surface area (Å²) in [6.07, 6.45) is 4.43. The third-order valence-corrected chi connectivity index (χ3v) is 7.07. The van der Waals surface area contributed by atoms with Crippen LogP contribution in [-0.2, 0) is 4.79 Å². The summed E-state index contributed by atoms with van der Waals surface area (Å²) in [5.74, 6) is 2.36. The van der Waals surface area contributed by atoms with Crippen molar-refractivity contribution in [1.29, 1.82) is 0 Å². The van der Waals surface area contributed by atoms with Crippen molar-refractivity contribution in [3.05, 3.63) is 48.0 Å².